The molecule has 1 spiro atoms. The van der Waals surface area contributed by atoms with Gasteiger partial charge in [-0.3, -0.25) is 4.79 Å². The first-order valence-corrected chi connectivity index (χ1v) is 12.5. The zero-order valence-electron chi connectivity index (χ0n) is 18.5. The first-order valence-electron chi connectivity index (χ1n) is 11.1. The van der Waals surface area contributed by atoms with E-state index in [1.807, 2.05) is 12.1 Å². The Balaban J connectivity index is 1.61. The summed E-state index contributed by atoms with van der Waals surface area (Å²) >= 11 is 1.33. The van der Waals surface area contributed by atoms with Gasteiger partial charge in [0.25, 0.3) is 0 Å². The smallest absolute Gasteiger partial charge is 0.340 e. The van der Waals surface area contributed by atoms with E-state index in [1.165, 1.54) is 31.0 Å². The summed E-state index contributed by atoms with van der Waals surface area (Å²) in [5.41, 5.74) is 1.81. The van der Waals surface area contributed by atoms with Gasteiger partial charge in [-0.15, -0.1) is 0 Å². The fraction of sp³-hybridized carbons (Fsp3) is 0.542. The van der Waals surface area contributed by atoms with E-state index in [4.69, 9.17) is 9.15 Å². The zero-order chi connectivity index (χ0) is 22.9. The second kappa shape index (κ2) is 9.17. The van der Waals surface area contributed by atoms with Gasteiger partial charge in [0, 0.05) is 17.2 Å². The number of hydrogen-bond donors (Lipinski definition) is 2. The lowest BCUT2D eigenvalue weighted by atomic mass is 9.79. The van der Waals surface area contributed by atoms with Crippen molar-refractivity contribution in [2.75, 3.05) is 12.0 Å². The molecule has 2 N–H and O–H groups in total. The molecule has 2 heterocycles. The second-order valence-corrected chi connectivity index (χ2v) is 9.80. The molecular formula is C24H29NO6S. The summed E-state index contributed by atoms with van der Waals surface area (Å²) in [5, 5.41) is 12.5. The molecule has 32 heavy (non-hydrogen) atoms. The van der Waals surface area contributed by atoms with Crippen molar-refractivity contribution >= 4 is 34.6 Å². The normalized spacial score (nSPS) is 18.1. The van der Waals surface area contributed by atoms with Crippen molar-refractivity contribution in [1.29, 1.82) is 0 Å². The van der Waals surface area contributed by atoms with Crippen molar-refractivity contribution in [1.82, 2.24) is 5.32 Å². The molecule has 8 heteroatoms. The van der Waals surface area contributed by atoms with E-state index in [0.717, 1.165) is 42.4 Å². The molecule has 2 aromatic rings. The second-order valence-electron chi connectivity index (χ2n) is 8.89. The highest BCUT2D eigenvalue weighted by molar-refractivity contribution is 7.98. The van der Waals surface area contributed by atoms with Crippen LogP contribution in [0.4, 0.5) is 0 Å². The van der Waals surface area contributed by atoms with Crippen molar-refractivity contribution in [2.45, 2.75) is 69.9 Å². The third kappa shape index (κ3) is 4.51. The highest BCUT2D eigenvalue weighted by atomic mass is 32.2. The molecule has 1 amide bonds. The third-order valence-corrected chi connectivity index (χ3v) is 7.38. The molecule has 0 radical (unpaired) electrons. The van der Waals surface area contributed by atoms with Crippen molar-refractivity contribution in [3.8, 4) is 5.75 Å². The number of carboxylic acids is 1. The molecule has 1 aliphatic heterocycles. The maximum absolute atomic E-state index is 12.7. The van der Waals surface area contributed by atoms with Crippen molar-refractivity contribution in [3.63, 3.8) is 0 Å². The molecular weight excluding hydrogens is 430 g/mol. The Bertz CT molecular complexity index is 1100. The number of carboxylic acid groups (broad SMARTS) is 1. The fourth-order valence-electron chi connectivity index (χ4n) is 4.90. The van der Waals surface area contributed by atoms with Crippen molar-refractivity contribution in [2.24, 2.45) is 0 Å². The lowest BCUT2D eigenvalue weighted by Crippen LogP contribution is -2.43. The first-order chi connectivity index (χ1) is 15.3. The van der Waals surface area contributed by atoms with Gasteiger partial charge in [0.05, 0.1) is 12.0 Å². The Kier molecular flexibility index (Phi) is 6.51. The number of thioether (sulfide) groups is 1. The number of aryl methyl sites for hydroxylation is 2. The largest absolute Gasteiger partial charge is 0.487 e. The number of fused-ring (bicyclic) bond motifs is 2. The number of hydrogen-bond acceptors (Lipinski definition) is 6. The number of aliphatic carboxylic acids is 1. The summed E-state index contributed by atoms with van der Waals surface area (Å²) in [6.07, 6.45) is 9.20. The first kappa shape index (κ1) is 22.7. The minimum absolute atomic E-state index is 0.0935. The van der Waals surface area contributed by atoms with Gasteiger partial charge in [-0.05, 0) is 68.9 Å². The summed E-state index contributed by atoms with van der Waals surface area (Å²) in [5.74, 6) is -0.570. The summed E-state index contributed by atoms with van der Waals surface area (Å²) in [6, 6.07) is 2.83. The molecule has 1 saturated carbocycles. The van der Waals surface area contributed by atoms with Crippen LogP contribution in [-0.4, -0.2) is 40.6 Å². The molecule has 0 unspecified atom stereocenters. The molecule has 2 aliphatic rings. The highest BCUT2D eigenvalue weighted by Crippen LogP contribution is 2.43. The van der Waals surface area contributed by atoms with Gasteiger partial charge < -0.3 is 19.6 Å². The van der Waals surface area contributed by atoms with Crippen LogP contribution in [0, 0.1) is 6.92 Å². The number of amides is 1. The highest BCUT2D eigenvalue weighted by Gasteiger charge is 2.37. The third-order valence-electron chi connectivity index (χ3n) is 6.71. The molecule has 1 atom stereocenters. The maximum Gasteiger partial charge on any atom is 0.340 e. The molecule has 0 bridgehead atoms. The van der Waals surface area contributed by atoms with Gasteiger partial charge in [-0.2, -0.15) is 11.8 Å². The number of benzene rings is 1. The summed E-state index contributed by atoms with van der Waals surface area (Å²) < 4.78 is 12.0. The molecule has 1 fully saturated rings. The fourth-order valence-corrected chi connectivity index (χ4v) is 5.46. The molecule has 1 aliphatic carbocycles. The molecule has 7 nitrogen and oxygen atoms in total. The number of rotatable bonds is 6. The van der Waals surface area contributed by atoms with Crippen LogP contribution in [0.3, 0.4) is 0 Å². The lowest BCUT2D eigenvalue weighted by molar-refractivity contribution is -0.141. The number of nitrogens with one attached hydrogen (secondary N) is 1. The van der Waals surface area contributed by atoms with Crippen LogP contribution < -0.4 is 15.7 Å². The van der Waals surface area contributed by atoms with Gasteiger partial charge in [0.1, 0.15) is 23.0 Å². The monoisotopic (exact) mass is 459 g/mol. The van der Waals surface area contributed by atoms with Crippen LogP contribution in [0.15, 0.2) is 21.3 Å². The average Bonchev–Trinajstić information content (AvgIpc) is 2.76. The molecule has 1 aromatic carbocycles. The van der Waals surface area contributed by atoms with Crippen LogP contribution in [-0.2, 0) is 22.4 Å². The van der Waals surface area contributed by atoms with Crippen LogP contribution in [0.25, 0.3) is 11.0 Å². The Morgan fingerprint density at radius 3 is 2.66 bits per heavy atom. The Morgan fingerprint density at radius 1 is 1.22 bits per heavy atom. The van der Waals surface area contributed by atoms with Gasteiger partial charge in [-0.1, -0.05) is 6.42 Å². The Morgan fingerprint density at radius 2 is 1.97 bits per heavy atom. The SMILES string of the molecule is CSC[C@H](NC(=O)Cc1c(C)c2cc3c(cc2oc1=O)OC1(CCCCC1)CC3)C(=O)O. The van der Waals surface area contributed by atoms with Crippen LogP contribution in [0.1, 0.15) is 55.2 Å². The Labute approximate surface area is 190 Å². The van der Waals surface area contributed by atoms with E-state index in [1.54, 1.807) is 13.2 Å². The predicted molar refractivity (Wildman–Crippen MR) is 124 cm³/mol. The quantitative estimate of drug-likeness (QED) is 0.636. The Hall–Kier alpha value is -2.48. The average molecular weight is 460 g/mol. The summed E-state index contributed by atoms with van der Waals surface area (Å²) in [7, 11) is 0. The molecule has 4 rings (SSSR count). The van der Waals surface area contributed by atoms with Gasteiger partial charge in [-0.25, -0.2) is 9.59 Å². The van der Waals surface area contributed by atoms with Gasteiger partial charge in [0.2, 0.25) is 5.91 Å². The van der Waals surface area contributed by atoms with Gasteiger partial charge >= 0.3 is 11.6 Å². The lowest BCUT2D eigenvalue weighted by Gasteiger charge is -2.41. The van der Waals surface area contributed by atoms with E-state index in [9.17, 15) is 19.5 Å². The van der Waals surface area contributed by atoms with E-state index >= 15 is 0 Å². The predicted octanol–water partition coefficient (Wildman–Crippen LogP) is 3.60. The summed E-state index contributed by atoms with van der Waals surface area (Å²) in [4.78, 5) is 36.5. The standard InChI is InChI=1S/C24H29NO6S/c1-14-16-10-15-6-9-24(7-4-3-5-8-24)31-19(15)12-20(16)30-23(29)17(14)11-21(26)25-18(13-32-2)22(27)28/h10,12,18H,3-9,11,13H2,1-2H3,(H,25,26)(H,27,28)/t18-/m0/s1. The number of carbonyl (C=O) groups excluding carboxylic acids is 1. The maximum atomic E-state index is 12.7. The van der Waals surface area contributed by atoms with Crippen LogP contribution in [0.2, 0.25) is 0 Å². The van der Waals surface area contributed by atoms with E-state index < -0.39 is 23.5 Å². The van der Waals surface area contributed by atoms with Crippen LogP contribution >= 0.6 is 11.8 Å². The minimum Gasteiger partial charge on any atom is -0.487 e. The van der Waals surface area contributed by atoms with Crippen LogP contribution in [0.5, 0.6) is 5.75 Å². The van der Waals surface area contributed by atoms with E-state index in [0.29, 0.717) is 11.1 Å². The van der Waals surface area contributed by atoms with Crippen molar-refractivity contribution < 1.29 is 23.8 Å². The van der Waals surface area contributed by atoms with E-state index in [2.05, 4.69) is 5.32 Å². The summed E-state index contributed by atoms with van der Waals surface area (Å²) in [6.45, 7) is 1.80. The zero-order valence-corrected chi connectivity index (χ0v) is 19.3. The van der Waals surface area contributed by atoms with Crippen molar-refractivity contribution in [3.05, 3.63) is 39.2 Å². The number of ether oxygens (including phenoxy) is 1. The molecule has 0 saturated heterocycles. The topological polar surface area (TPSA) is 106 Å². The van der Waals surface area contributed by atoms with E-state index in [-0.39, 0.29) is 23.3 Å². The number of carbonyl (C=O) groups is 2. The molecule has 1 aromatic heterocycles. The minimum atomic E-state index is -1.10. The molecule has 172 valence electrons. The van der Waals surface area contributed by atoms with Gasteiger partial charge in [0.15, 0.2) is 0 Å².